The zero-order valence-electron chi connectivity index (χ0n) is 14.3. The van der Waals surface area contributed by atoms with Crippen molar-refractivity contribution in [3.8, 4) is 0 Å². The monoisotopic (exact) mass is 449 g/mol. The van der Waals surface area contributed by atoms with Crippen LogP contribution in [0, 0.1) is 0 Å². The lowest BCUT2D eigenvalue weighted by Crippen LogP contribution is -2.32. The highest BCUT2D eigenvalue weighted by Gasteiger charge is 2.31. The molecule has 0 aliphatic heterocycles. The van der Waals surface area contributed by atoms with Crippen molar-refractivity contribution >= 4 is 33.0 Å². The van der Waals surface area contributed by atoms with Crippen molar-refractivity contribution in [1.82, 2.24) is 13.9 Å². The summed E-state index contributed by atoms with van der Waals surface area (Å²) in [6, 6.07) is 9.75. The van der Waals surface area contributed by atoms with Gasteiger partial charge in [-0.2, -0.15) is 17.5 Å². The molecule has 11 heteroatoms. The largest absolute Gasteiger partial charge is 0.406 e. The average molecular weight is 450 g/mol. The zero-order chi connectivity index (χ0) is 20.4. The quantitative estimate of drug-likeness (QED) is 0.531. The predicted molar refractivity (Wildman–Crippen MR) is 100 cm³/mol. The molecule has 3 aromatic rings. The third-order valence-corrected chi connectivity index (χ3v) is 7.40. The molecular weight excluding hydrogens is 435 g/mol. The van der Waals surface area contributed by atoms with Crippen LogP contribution in [0.3, 0.4) is 0 Å². The van der Waals surface area contributed by atoms with Crippen LogP contribution in [-0.4, -0.2) is 28.5 Å². The Morgan fingerprint density at radius 1 is 1.14 bits per heavy atom. The van der Waals surface area contributed by atoms with Crippen molar-refractivity contribution in [1.29, 1.82) is 0 Å². The smallest absolute Gasteiger partial charge is 0.325 e. The molecular formula is C17H15ClF3N3O2S2. The van der Waals surface area contributed by atoms with E-state index in [-0.39, 0.29) is 23.1 Å². The van der Waals surface area contributed by atoms with Crippen LogP contribution >= 0.6 is 22.9 Å². The summed E-state index contributed by atoms with van der Waals surface area (Å²) in [6.45, 7) is -1.67. The van der Waals surface area contributed by atoms with Gasteiger partial charge in [0.15, 0.2) is 0 Å². The van der Waals surface area contributed by atoms with Crippen LogP contribution in [0.15, 0.2) is 58.4 Å². The van der Waals surface area contributed by atoms with Gasteiger partial charge in [-0.3, -0.25) is 0 Å². The molecule has 28 heavy (non-hydrogen) atoms. The number of halogens is 4. The predicted octanol–water partition coefficient (Wildman–Crippen LogP) is 4.55. The Balaban J connectivity index is 1.96. The molecule has 0 saturated carbocycles. The van der Waals surface area contributed by atoms with Crippen LogP contribution < -0.4 is 0 Å². The Labute approximate surface area is 169 Å². The summed E-state index contributed by atoms with van der Waals surface area (Å²) in [5.74, 6) is -0.00971. The molecule has 2 aromatic heterocycles. The first kappa shape index (κ1) is 20.8. The Morgan fingerprint density at radius 3 is 2.54 bits per heavy atom. The van der Waals surface area contributed by atoms with Crippen LogP contribution in [0.2, 0.25) is 5.02 Å². The van der Waals surface area contributed by atoms with E-state index in [1.807, 2.05) is 0 Å². The van der Waals surface area contributed by atoms with E-state index in [4.69, 9.17) is 11.6 Å². The highest BCUT2D eigenvalue weighted by atomic mass is 35.5. The molecule has 0 atom stereocenters. The molecule has 0 fully saturated rings. The Morgan fingerprint density at radius 2 is 1.89 bits per heavy atom. The van der Waals surface area contributed by atoms with Crippen LogP contribution in [0.4, 0.5) is 13.2 Å². The summed E-state index contributed by atoms with van der Waals surface area (Å²) in [6.07, 6.45) is -2.06. The first-order valence-corrected chi connectivity index (χ1v) is 10.7. The molecule has 3 rings (SSSR count). The van der Waals surface area contributed by atoms with E-state index in [9.17, 15) is 21.6 Å². The lowest BCUT2D eigenvalue weighted by atomic mass is 10.2. The van der Waals surface area contributed by atoms with E-state index in [1.54, 1.807) is 35.7 Å². The van der Waals surface area contributed by atoms with Crippen molar-refractivity contribution in [3.63, 3.8) is 0 Å². The summed E-state index contributed by atoms with van der Waals surface area (Å²) in [5.41, 5.74) is 0.540. The lowest BCUT2D eigenvalue weighted by Gasteiger charge is -2.22. The average Bonchev–Trinajstić information content (AvgIpc) is 3.27. The topological polar surface area (TPSA) is 55.2 Å². The Bertz CT molecular complexity index is 1030. The Hall–Kier alpha value is -1.88. The van der Waals surface area contributed by atoms with Gasteiger partial charge < -0.3 is 4.57 Å². The summed E-state index contributed by atoms with van der Waals surface area (Å²) in [4.78, 5) is 3.93. The van der Waals surface area contributed by atoms with Crippen molar-refractivity contribution < 1.29 is 21.6 Å². The van der Waals surface area contributed by atoms with E-state index in [2.05, 4.69) is 4.98 Å². The maximum atomic E-state index is 13.1. The zero-order valence-corrected chi connectivity index (χ0v) is 16.7. The second-order valence-corrected chi connectivity index (χ2v) is 9.40. The maximum absolute atomic E-state index is 13.1. The van der Waals surface area contributed by atoms with Gasteiger partial charge in [0.1, 0.15) is 16.6 Å². The minimum Gasteiger partial charge on any atom is -0.325 e. The van der Waals surface area contributed by atoms with E-state index in [0.717, 1.165) is 20.2 Å². The van der Waals surface area contributed by atoms with Gasteiger partial charge in [-0.15, -0.1) is 11.3 Å². The fraction of sp³-hybridized carbons (Fsp3) is 0.235. The summed E-state index contributed by atoms with van der Waals surface area (Å²) in [5, 5.41) is 1.98. The van der Waals surface area contributed by atoms with Crippen LogP contribution in [0.25, 0.3) is 0 Å². The van der Waals surface area contributed by atoms with Crippen LogP contribution in [-0.2, 0) is 29.7 Å². The second kappa shape index (κ2) is 8.24. The number of aromatic nitrogens is 2. The van der Waals surface area contributed by atoms with Crippen molar-refractivity contribution in [2.24, 2.45) is 0 Å². The van der Waals surface area contributed by atoms with Gasteiger partial charge in [-0.05, 0) is 23.1 Å². The molecule has 0 bridgehead atoms. The molecule has 0 spiro atoms. The standard InChI is InChI=1S/C17H15ClF3N3O2S2/c18-14-5-2-1-4-13(14)10-24(28(25,26)16-6-3-9-27-16)11-15-22-7-8-23(15)12-17(19,20)21/h1-9H,10-12H2. The van der Waals surface area contributed by atoms with Gasteiger partial charge in [0, 0.05) is 24.0 Å². The van der Waals surface area contributed by atoms with Gasteiger partial charge in [0.25, 0.3) is 10.0 Å². The number of hydrogen-bond acceptors (Lipinski definition) is 4. The van der Waals surface area contributed by atoms with Crippen molar-refractivity contribution in [3.05, 3.63) is 70.6 Å². The van der Waals surface area contributed by atoms with Crippen LogP contribution in [0.1, 0.15) is 11.4 Å². The molecule has 0 unspecified atom stereocenters. The minimum absolute atomic E-state index is 0.00971. The number of sulfonamides is 1. The third kappa shape index (κ3) is 4.93. The molecule has 0 radical (unpaired) electrons. The first-order chi connectivity index (χ1) is 13.2. The fourth-order valence-corrected chi connectivity index (χ4v) is 5.28. The van der Waals surface area contributed by atoms with Gasteiger partial charge >= 0.3 is 6.18 Å². The molecule has 0 amide bonds. The highest BCUT2D eigenvalue weighted by Crippen LogP contribution is 2.27. The number of rotatable bonds is 7. The van der Waals surface area contributed by atoms with Crippen molar-refractivity contribution in [2.45, 2.75) is 30.0 Å². The van der Waals surface area contributed by atoms with E-state index in [1.165, 1.54) is 18.5 Å². The Kier molecular flexibility index (Phi) is 6.13. The molecule has 0 aliphatic carbocycles. The number of alkyl halides is 3. The summed E-state index contributed by atoms with van der Waals surface area (Å²) in [7, 11) is -3.95. The normalized spacial score (nSPS) is 12.6. The second-order valence-electron chi connectivity index (χ2n) is 5.88. The lowest BCUT2D eigenvalue weighted by molar-refractivity contribution is -0.141. The summed E-state index contributed by atoms with van der Waals surface area (Å²) >= 11 is 7.19. The number of benzene rings is 1. The van der Waals surface area contributed by atoms with E-state index < -0.39 is 22.7 Å². The van der Waals surface area contributed by atoms with Gasteiger partial charge in [-0.1, -0.05) is 35.9 Å². The van der Waals surface area contributed by atoms with Gasteiger partial charge in [0.05, 0.1) is 6.54 Å². The summed E-state index contributed by atoms with van der Waals surface area (Å²) < 4.78 is 66.6. The molecule has 0 saturated heterocycles. The van der Waals surface area contributed by atoms with Crippen molar-refractivity contribution in [2.75, 3.05) is 0 Å². The van der Waals surface area contributed by atoms with Gasteiger partial charge in [-0.25, -0.2) is 13.4 Å². The molecule has 2 heterocycles. The third-order valence-electron chi connectivity index (χ3n) is 3.86. The first-order valence-electron chi connectivity index (χ1n) is 8.00. The van der Waals surface area contributed by atoms with E-state index in [0.29, 0.717) is 10.6 Å². The molecule has 5 nitrogen and oxygen atoms in total. The molecule has 0 N–H and O–H groups in total. The molecule has 150 valence electrons. The van der Waals surface area contributed by atoms with E-state index >= 15 is 0 Å². The fourth-order valence-electron chi connectivity index (χ4n) is 2.57. The number of hydrogen-bond donors (Lipinski definition) is 0. The number of thiophene rings is 1. The highest BCUT2D eigenvalue weighted by molar-refractivity contribution is 7.91. The SMILES string of the molecule is O=S(=O)(c1cccs1)N(Cc1ccccc1Cl)Cc1nccn1CC(F)(F)F. The molecule has 0 aliphatic rings. The maximum Gasteiger partial charge on any atom is 0.406 e. The van der Waals surface area contributed by atoms with Crippen LogP contribution in [0.5, 0.6) is 0 Å². The number of nitrogens with zero attached hydrogens (tertiary/aromatic N) is 3. The van der Waals surface area contributed by atoms with Gasteiger partial charge in [0.2, 0.25) is 0 Å². The molecule has 1 aromatic carbocycles. The minimum atomic E-state index is -4.45. The number of imidazole rings is 1.